The average molecular weight is 297 g/mol. The highest BCUT2D eigenvalue weighted by Crippen LogP contribution is 2.18. The predicted molar refractivity (Wildman–Crippen MR) is 75.6 cm³/mol. The first-order valence-electron chi connectivity index (χ1n) is 7.51. The number of carboxylic acids is 1. The summed E-state index contributed by atoms with van der Waals surface area (Å²) in [6.07, 6.45) is 3.07. The standard InChI is InChI=1S/C14H23N3O4/c1-9(13(19)16-11-2-3-11)15-8-12(18)17-6-4-10(5-7-17)14(20)21/h9-11,15H,2-8H2,1H3,(H,16,19)(H,20,21). The molecule has 1 aliphatic heterocycles. The predicted octanol–water partition coefficient (Wildman–Crippen LogP) is -0.434. The number of hydrogen-bond donors (Lipinski definition) is 3. The lowest BCUT2D eigenvalue weighted by Gasteiger charge is -2.30. The second-order valence-electron chi connectivity index (χ2n) is 5.88. The highest BCUT2D eigenvalue weighted by Gasteiger charge is 2.28. The molecule has 0 radical (unpaired) electrons. The van der Waals surface area contributed by atoms with Gasteiger partial charge >= 0.3 is 5.97 Å². The summed E-state index contributed by atoms with van der Waals surface area (Å²) in [4.78, 5) is 36.3. The number of amides is 2. The third-order valence-electron chi connectivity index (χ3n) is 4.07. The molecule has 1 saturated carbocycles. The van der Waals surface area contributed by atoms with Gasteiger partial charge in [-0.2, -0.15) is 0 Å². The molecule has 2 fully saturated rings. The van der Waals surface area contributed by atoms with Crippen LogP contribution in [0.25, 0.3) is 0 Å². The number of carboxylic acid groups (broad SMARTS) is 1. The van der Waals surface area contributed by atoms with Crippen molar-refractivity contribution in [1.82, 2.24) is 15.5 Å². The van der Waals surface area contributed by atoms with Gasteiger partial charge in [0.05, 0.1) is 18.5 Å². The molecule has 0 aromatic rings. The quantitative estimate of drug-likeness (QED) is 0.618. The highest BCUT2D eigenvalue weighted by atomic mass is 16.4. The van der Waals surface area contributed by atoms with Gasteiger partial charge in [0.25, 0.3) is 0 Å². The van der Waals surface area contributed by atoms with Crippen molar-refractivity contribution in [2.45, 2.75) is 44.7 Å². The van der Waals surface area contributed by atoms with Crippen LogP contribution >= 0.6 is 0 Å². The van der Waals surface area contributed by atoms with E-state index in [1.165, 1.54) is 0 Å². The number of likely N-dealkylation sites (tertiary alicyclic amines) is 1. The number of nitrogens with zero attached hydrogens (tertiary/aromatic N) is 1. The lowest BCUT2D eigenvalue weighted by atomic mass is 9.97. The van der Waals surface area contributed by atoms with E-state index in [4.69, 9.17) is 5.11 Å². The fourth-order valence-electron chi connectivity index (χ4n) is 2.37. The number of carbonyl (C=O) groups excluding carboxylic acids is 2. The molecule has 2 aliphatic rings. The Bertz CT molecular complexity index is 414. The molecule has 1 saturated heterocycles. The van der Waals surface area contributed by atoms with Crippen LogP contribution < -0.4 is 10.6 Å². The Labute approximate surface area is 124 Å². The minimum atomic E-state index is -0.786. The van der Waals surface area contributed by atoms with Crippen molar-refractivity contribution in [3.63, 3.8) is 0 Å². The zero-order valence-electron chi connectivity index (χ0n) is 12.3. The zero-order chi connectivity index (χ0) is 15.4. The minimum Gasteiger partial charge on any atom is -0.481 e. The Hall–Kier alpha value is -1.63. The first-order chi connectivity index (χ1) is 9.97. The molecule has 2 amide bonds. The van der Waals surface area contributed by atoms with E-state index >= 15 is 0 Å². The summed E-state index contributed by atoms with van der Waals surface area (Å²) in [5.41, 5.74) is 0. The van der Waals surface area contributed by atoms with Crippen LogP contribution in [0, 0.1) is 5.92 Å². The van der Waals surface area contributed by atoms with E-state index in [0.717, 1.165) is 12.8 Å². The fourth-order valence-corrected chi connectivity index (χ4v) is 2.37. The third-order valence-corrected chi connectivity index (χ3v) is 4.07. The van der Waals surface area contributed by atoms with E-state index in [1.807, 2.05) is 0 Å². The topological polar surface area (TPSA) is 98.7 Å². The first-order valence-corrected chi connectivity index (χ1v) is 7.51. The van der Waals surface area contributed by atoms with E-state index in [-0.39, 0.29) is 24.3 Å². The van der Waals surface area contributed by atoms with Crippen molar-refractivity contribution in [3.8, 4) is 0 Å². The minimum absolute atomic E-state index is 0.0742. The molecule has 21 heavy (non-hydrogen) atoms. The van der Waals surface area contributed by atoms with Gasteiger partial charge in [-0.3, -0.25) is 19.7 Å². The van der Waals surface area contributed by atoms with Gasteiger partial charge in [-0.05, 0) is 32.6 Å². The van der Waals surface area contributed by atoms with Crippen molar-refractivity contribution in [2.75, 3.05) is 19.6 Å². The molecule has 1 atom stereocenters. The summed E-state index contributed by atoms with van der Waals surface area (Å²) in [6, 6.07) is -0.0846. The Kier molecular flexibility index (Phi) is 5.17. The number of carbonyl (C=O) groups is 3. The lowest BCUT2D eigenvalue weighted by molar-refractivity contribution is -0.145. The SMILES string of the molecule is CC(NCC(=O)N1CCC(C(=O)O)CC1)C(=O)NC1CC1. The van der Waals surface area contributed by atoms with Crippen LogP contribution in [0.5, 0.6) is 0 Å². The summed E-state index contributed by atoms with van der Waals surface area (Å²) < 4.78 is 0. The Morgan fingerprint density at radius 2 is 1.81 bits per heavy atom. The van der Waals surface area contributed by atoms with E-state index in [9.17, 15) is 14.4 Å². The largest absolute Gasteiger partial charge is 0.481 e. The maximum absolute atomic E-state index is 12.0. The van der Waals surface area contributed by atoms with Crippen LogP contribution in [0.2, 0.25) is 0 Å². The Morgan fingerprint density at radius 1 is 1.19 bits per heavy atom. The second kappa shape index (κ2) is 6.89. The summed E-state index contributed by atoms with van der Waals surface area (Å²) in [5.74, 6) is -1.28. The van der Waals surface area contributed by atoms with Gasteiger partial charge in [0, 0.05) is 19.1 Å². The smallest absolute Gasteiger partial charge is 0.306 e. The number of rotatable bonds is 6. The molecule has 7 nitrogen and oxygen atoms in total. The van der Waals surface area contributed by atoms with Crippen LogP contribution in [-0.4, -0.2) is 59.5 Å². The molecule has 0 bridgehead atoms. The van der Waals surface area contributed by atoms with Gasteiger partial charge in [0.1, 0.15) is 0 Å². The molecule has 3 N–H and O–H groups in total. The summed E-state index contributed by atoms with van der Waals surface area (Å²) in [6.45, 7) is 2.79. The average Bonchev–Trinajstić information content (AvgIpc) is 3.28. The van der Waals surface area contributed by atoms with E-state index in [2.05, 4.69) is 10.6 Å². The van der Waals surface area contributed by atoms with Crippen molar-refractivity contribution in [1.29, 1.82) is 0 Å². The van der Waals surface area contributed by atoms with E-state index in [1.54, 1.807) is 11.8 Å². The molecule has 1 heterocycles. The van der Waals surface area contributed by atoms with E-state index < -0.39 is 12.0 Å². The number of aliphatic carboxylic acids is 1. The maximum Gasteiger partial charge on any atom is 0.306 e. The maximum atomic E-state index is 12.0. The van der Waals surface area contributed by atoms with Crippen LogP contribution in [0.15, 0.2) is 0 Å². The molecular weight excluding hydrogens is 274 g/mol. The van der Waals surface area contributed by atoms with Crippen molar-refractivity contribution in [2.24, 2.45) is 5.92 Å². The second-order valence-corrected chi connectivity index (χ2v) is 5.88. The fraction of sp³-hybridized carbons (Fsp3) is 0.786. The third kappa shape index (κ3) is 4.70. The van der Waals surface area contributed by atoms with Crippen LogP contribution in [-0.2, 0) is 14.4 Å². The Morgan fingerprint density at radius 3 is 2.33 bits per heavy atom. The van der Waals surface area contributed by atoms with Gasteiger partial charge < -0.3 is 15.3 Å². The molecule has 0 aromatic carbocycles. The number of nitrogens with one attached hydrogen (secondary N) is 2. The van der Waals surface area contributed by atoms with Gasteiger partial charge in [-0.25, -0.2) is 0 Å². The lowest BCUT2D eigenvalue weighted by Crippen LogP contribution is -2.49. The molecule has 1 aliphatic carbocycles. The number of piperidine rings is 1. The van der Waals surface area contributed by atoms with Crippen LogP contribution in [0.3, 0.4) is 0 Å². The van der Waals surface area contributed by atoms with Gasteiger partial charge in [0.2, 0.25) is 11.8 Å². The van der Waals surface area contributed by atoms with Gasteiger partial charge in [-0.15, -0.1) is 0 Å². The monoisotopic (exact) mass is 297 g/mol. The molecular formula is C14H23N3O4. The van der Waals surface area contributed by atoms with Crippen molar-refractivity contribution >= 4 is 17.8 Å². The molecule has 1 unspecified atom stereocenters. The highest BCUT2D eigenvalue weighted by molar-refractivity contribution is 5.83. The van der Waals surface area contributed by atoms with Crippen molar-refractivity contribution < 1.29 is 19.5 Å². The molecule has 0 aromatic heterocycles. The summed E-state index contributed by atoms with van der Waals surface area (Å²) in [7, 11) is 0. The first kappa shape index (κ1) is 15.8. The van der Waals surface area contributed by atoms with Gasteiger partial charge in [-0.1, -0.05) is 0 Å². The van der Waals surface area contributed by atoms with Crippen molar-refractivity contribution in [3.05, 3.63) is 0 Å². The zero-order valence-corrected chi connectivity index (χ0v) is 12.3. The molecule has 2 rings (SSSR count). The normalized spacial score (nSPS) is 20.9. The van der Waals surface area contributed by atoms with Gasteiger partial charge in [0.15, 0.2) is 0 Å². The molecule has 0 spiro atoms. The summed E-state index contributed by atoms with van der Waals surface area (Å²) in [5, 5.41) is 14.7. The summed E-state index contributed by atoms with van der Waals surface area (Å²) >= 11 is 0. The molecule has 7 heteroatoms. The van der Waals surface area contributed by atoms with Crippen LogP contribution in [0.1, 0.15) is 32.6 Å². The number of hydrogen-bond acceptors (Lipinski definition) is 4. The Balaban J connectivity index is 1.67. The molecule has 118 valence electrons. The van der Waals surface area contributed by atoms with E-state index in [0.29, 0.717) is 32.0 Å². The van der Waals surface area contributed by atoms with Crippen LogP contribution in [0.4, 0.5) is 0 Å².